The van der Waals surface area contributed by atoms with Gasteiger partial charge in [-0.1, -0.05) is 36.9 Å². The molecule has 0 saturated heterocycles. The first-order chi connectivity index (χ1) is 11.6. The van der Waals surface area contributed by atoms with E-state index in [1.807, 2.05) is 0 Å². The Labute approximate surface area is 140 Å². The lowest BCUT2D eigenvalue weighted by molar-refractivity contribution is -0.137. The molecular formula is C18H13F5O2. The number of hydrogen-bond donors (Lipinski definition) is 0. The summed E-state index contributed by atoms with van der Waals surface area (Å²) in [5.41, 5.74) is -1.19. The highest BCUT2D eigenvalue weighted by Gasteiger charge is 2.41. The zero-order valence-corrected chi connectivity index (χ0v) is 12.8. The number of hydrogen-bond acceptors (Lipinski definition) is 2. The van der Waals surface area contributed by atoms with Crippen LogP contribution in [0.15, 0.2) is 67.3 Å². The molecule has 0 aliphatic heterocycles. The van der Waals surface area contributed by atoms with E-state index in [0.717, 1.165) is 12.1 Å². The van der Waals surface area contributed by atoms with E-state index in [-0.39, 0.29) is 11.1 Å². The minimum Gasteiger partial charge on any atom is -0.447 e. The van der Waals surface area contributed by atoms with Gasteiger partial charge in [0.2, 0.25) is 0 Å². The molecule has 2 rings (SSSR count). The normalized spacial score (nSPS) is 13.2. The van der Waals surface area contributed by atoms with Gasteiger partial charge in [0.05, 0.1) is 11.1 Å². The summed E-state index contributed by atoms with van der Waals surface area (Å²) < 4.78 is 70.6. The van der Waals surface area contributed by atoms with Crippen LogP contribution in [0.5, 0.6) is 0 Å². The standard InChI is InChI=1S/C18H13F5O2/c1-2-17(19,20)15(12-6-4-3-5-7-12)25-16(24)13-8-10-14(11-9-13)18(21,22)23/h2-11,15H,1H2. The van der Waals surface area contributed by atoms with Crippen LogP contribution < -0.4 is 0 Å². The zero-order valence-electron chi connectivity index (χ0n) is 12.8. The van der Waals surface area contributed by atoms with Gasteiger partial charge in [0, 0.05) is 0 Å². The fourth-order valence-corrected chi connectivity index (χ4v) is 2.07. The summed E-state index contributed by atoms with van der Waals surface area (Å²) in [6.07, 6.45) is -6.16. The van der Waals surface area contributed by atoms with E-state index in [0.29, 0.717) is 18.2 Å². The summed E-state index contributed by atoms with van der Waals surface area (Å²) in [7, 11) is 0. The van der Waals surface area contributed by atoms with Crippen LogP contribution in [0.1, 0.15) is 27.6 Å². The summed E-state index contributed by atoms with van der Waals surface area (Å²) in [4.78, 5) is 12.1. The molecule has 0 saturated carbocycles. The predicted molar refractivity (Wildman–Crippen MR) is 81.2 cm³/mol. The van der Waals surface area contributed by atoms with E-state index in [9.17, 15) is 26.7 Å². The maximum absolute atomic E-state index is 14.1. The molecule has 0 N–H and O–H groups in total. The van der Waals surface area contributed by atoms with Gasteiger partial charge in [-0.25, -0.2) is 4.79 Å². The van der Waals surface area contributed by atoms with Gasteiger partial charge in [-0.05, 0) is 35.9 Å². The van der Waals surface area contributed by atoms with Crippen LogP contribution in [0.3, 0.4) is 0 Å². The quantitative estimate of drug-likeness (QED) is 0.406. The molecule has 1 unspecified atom stereocenters. The van der Waals surface area contributed by atoms with Crippen molar-refractivity contribution >= 4 is 5.97 Å². The minimum atomic E-state index is -4.56. The van der Waals surface area contributed by atoms with E-state index in [2.05, 4.69) is 6.58 Å². The first-order valence-electron chi connectivity index (χ1n) is 7.10. The van der Waals surface area contributed by atoms with Gasteiger partial charge in [-0.15, -0.1) is 0 Å². The van der Waals surface area contributed by atoms with Crippen LogP contribution in [0.4, 0.5) is 22.0 Å². The Bertz CT molecular complexity index is 736. The molecule has 132 valence electrons. The highest BCUT2D eigenvalue weighted by atomic mass is 19.4. The number of alkyl halides is 5. The second-order valence-corrected chi connectivity index (χ2v) is 5.15. The molecule has 0 spiro atoms. The third-order valence-corrected chi connectivity index (χ3v) is 3.40. The maximum atomic E-state index is 14.1. The molecule has 0 heterocycles. The number of halogens is 5. The number of esters is 1. The molecule has 1 atom stereocenters. The summed E-state index contributed by atoms with van der Waals surface area (Å²) >= 11 is 0. The van der Waals surface area contributed by atoms with Crippen molar-refractivity contribution in [3.63, 3.8) is 0 Å². The van der Waals surface area contributed by atoms with Gasteiger partial charge in [0.15, 0.2) is 6.10 Å². The van der Waals surface area contributed by atoms with Crippen molar-refractivity contribution in [3.8, 4) is 0 Å². The van der Waals surface area contributed by atoms with Crippen molar-refractivity contribution in [2.24, 2.45) is 0 Å². The molecule has 0 amide bonds. The maximum Gasteiger partial charge on any atom is 0.416 e. The van der Waals surface area contributed by atoms with Crippen molar-refractivity contribution in [3.05, 3.63) is 83.9 Å². The molecule has 0 radical (unpaired) electrons. The Morgan fingerprint density at radius 1 is 0.960 bits per heavy atom. The Balaban J connectivity index is 2.27. The van der Waals surface area contributed by atoms with Crippen LogP contribution in [0.25, 0.3) is 0 Å². The van der Waals surface area contributed by atoms with Crippen LogP contribution in [0.2, 0.25) is 0 Å². The second kappa shape index (κ2) is 7.04. The van der Waals surface area contributed by atoms with Crippen LogP contribution >= 0.6 is 0 Å². The molecule has 2 nitrogen and oxygen atoms in total. The van der Waals surface area contributed by atoms with Gasteiger partial charge in [-0.2, -0.15) is 22.0 Å². The fraction of sp³-hybridized carbons (Fsp3) is 0.167. The highest BCUT2D eigenvalue weighted by molar-refractivity contribution is 5.89. The van der Waals surface area contributed by atoms with Gasteiger partial charge in [-0.3, -0.25) is 0 Å². The Morgan fingerprint density at radius 3 is 2.00 bits per heavy atom. The lowest BCUT2D eigenvalue weighted by atomic mass is 10.0. The smallest absolute Gasteiger partial charge is 0.416 e. The second-order valence-electron chi connectivity index (χ2n) is 5.15. The van der Waals surface area contributed by atoms with Crippen LogP contribution in [-0.2, 0) is 10.9 Å². The number of carbonyl (C=O) groups is 1. The molecule has 0 aliphatic rings. The molecule has 2 aromatic carbocycles. The number of rotatable bonds is 5. The van der Waals surface area contributed by atoms with E-state index in [4.69, 9.17) is 4.74 Å². The summed E-state index contributed by atoms with van der Waals surface area (Å²) in [5, 5.41) is 0. The van der Waals surface area contributed by atoms with E-state index < -0.39 is 29.7 Å². The minimum absolute atomic E-state index is 0.0349. The van der Waals surface area contributed by atoms with Crippen molar-refractivity contribution < 1.29 is 31.5 Å². The third-order valence-electron chi connectivity index (χ3n) is 3.40. The largest absolute Gasteiger partial charge is 0.447 e. The molecule has 0 bridgehead atoms. The van der Waals surface area contributed by atoms with Gasteiger partial charge >= 0.3 is 18.1 Å². The average Bonchev–Trinajstić information content (AvgIpc) is 2.59. The van der Waals surface area contributed by atoms with E-state index >= 15 is 0 Å². The van der Waals surface area contributed by atoms with Crippen molar-refractivity contribution in [2.45, 2.75) is 18.2 Å². The first kappa shape index (κ1) is 18.6. The Hall–Kier alpha value is -2.70. The third kappa shape index (κ3) is 4.43. The Kier molecular flexibility index (Phi) is 5.25. The zero-order chi connectivity index (χ0) is 18.7. The van der Waals surface area contributed by atoms with Crippen molar-refractivity contribution in [1.82, 2.24) is 0 Å². The molecule has 2 aromatic rings. The van der Waals surface area contributed by atoms with E-state index in [1.54, 1.807) is 6.07 Å². The first-order valence-corrected chi connectivity index (χ1v) is 7.10. The molecule has 25 heavy (non-hydrogen) atoms. The topological polar surface area (TPSA) is 26.3 Å². The van der Waals surface area contributed by atoms with E-state index in [1.165, 1.54) is 24.3 Å². The van der Waals surface area contributed by atoms with Crippen LogP contribution in [-0.4, -0.2) is 11.9 Å². The van der Waals surface area contributed by atoms with Crippen molar-refractivity contribution in [1.29, 1.82) is 0 Å². The van der Waals surface area contributed by atoms with Gasteiger partial charge in [0.25, 0.3) is 0 Å². The van der Waals surface area contributed by atoms with Gasteiger partial charge in [0.1, 0.15) is 0 Å². The SMILES string of the molecule is C=CC(F)(F)C(OC(=O)c1ccc(C(F)(F)F)cc1)c1ccccc1. The molecular weight excluding hydrogens is 343 g/mol. The molecule has 0 fully saturated rings. The number of ether oxygens (including phenoxy) is 1. The average molecular weight is 356 g/mol. The fourth-order valence-electron chi connectivity index (χ4n) is 2.07. The van der Waals surface area contributed by atoms with Crippen LogP contribution in [0, 0.1) is 0 Å². The number of carbonyl (C=O) groups excluding carboxylic acids is 1. The number of benzene rings is 2. The molecule has 0 aromatic heterocycles. The monoisotopic (exact) mass is 356 g/mol. The highest BCUT2D eigenvalue weighted by Crippen LogP contribution is 2.36. The molecule has 0 aliphatic carbocycles. The predicted octanol–water partition coefficient (Wildman–Crippen LogP) is 5.42. The summed E-state index contributed by atoms with van der Waals surface area (Å²) in [6, 6.07) is 10.4. The summed E-state index contributed by atoms with van der Waals surface area (Å²) in [6.45, 7) is 3.03. The molecule has 7 heteroatoms. The van der Waals surface area contributed by atoms with Gasteiger partial charge < -0.3 is 4.74 Å². The lowest BCUT2D eigenvalue weighted by Gasteiger charge is -2.24. The van der Waals surface area contributed by atoms with Crippen molar-refractivity contribution in [2.75, 3.05) is 0 Å². The summed E-state index contributed by atoms with van der Waals surface area (Å²) in [5.74, 6) is -4.72. The Morgan fingerprint density at radius 2 is 1.52 bits per heavy atom. The lowest BCUT2D eigenvalue weighted by Crippen LogP contribution is -2.28.